The molecule has 0 aliphatic heterocycles. The number of benzene rings is 4. The summed E-state index contributed by atoms with van der Waals surface area (Å²) in [6, 6.07) is 15.5. The van der Waals surface area contributed by atoms with E-state index in [2.05, 4.69) is 0 Å². The lowest BCUT2D eigenvalue weighted by Crippen LogP contribution is -2.31. The van der Waals surface area contributed by atoms with Crippen LogP contribution in [0.1, 0.15) is 5.56 Å². The molecule has 0 fully saturated rings. The van der Waals surface area contributed by atoms with Crippen molar-refractivity contribution < 1.29 is 25.4 Å². The van der Waals surface area contributed by atoms with Gasteiger partial charge in [0, 0.05) is 5.56 Å². The van der Waals surface area contributed by atoms with E-state index in [4.69, 9.17) is 0 Å². The molecule has 0 saturated heterocycles. The van der Waals surface area contributed by atoms with Gasteiger partial charge in [0.15, 0.2) is 11.5 Å². The highest BCUT2D eigenvalue weighted by molar-refractivity contribution is 6.66. The third-order valence-corrected chi connectivity index (χ3v) is 4.92. The first kappa shape index (κ1) is 17.2. The van der Waals surface area contributed by atoms with E-state index >= 15 is 0 Å². The first-order valence-corrected chi connectivity index (χ1v) is 8.46. The topological polar surface area (TPSA) is 101 Å². The van der Waals surface area contributed by atoms with Crippen LogP contribution in [0.3, 0.4) is 0 Å². The molecule has 5 nitrogen and oxygen atoms in total. The third kappa shape index (κ3) is 2.50. The predicted octanol–water partition coefficient (Wildman–Crippen LogP) is 2.77. The van der Waals surface area contributed by atoms with E-state index in [9.17, 15) is 25.4 Å². The van der Waals surface area contributed by atoms with Gasteiger partial charge in [-0.15, -0.1) is 0 Å². The SMILES string of the molecule is Cc1cc(O)c(O)c(-c2c3ccccc3c(B(O)O)c3ccccc23)c1O. The summed E-state index contributed by atoms with van der Waals surface area (Å²) >= 11 is 0. The average Bonchev–Trinajstić information content (AvgIpc) is 2.65. The fourth-order valence-electron chi connectivity index (χ4n) is 3.73. The van der Waals surface area contributed by atoms with Crippen LogP contribution < -0.4 is 5.46 Å². The Bertz CT molecular complexity index is 1120. The highest BCUT2D eigenvalue weighted by Crippen LogP contribution is 2.49. The molecule has 0 bridgehead atoms. The van der Waals surface area contributed by atoms with Gasteiger partial charge in [0.1, 0.15) is 5.75 Å². The minimum Gasteiger partial charge on any atom is -0.507 e. The summed E-state index contributed by atoms with van der Waals surface area (Å²) < 4.78 is 0. The molecule has 0 aliphatic carbocycles. The van der Waals surface area contributed by atoms with Crippen LogP contribution in [-0.2, 0) is 0 Å². The molecule has 4 aromatic rings. The van der Waals surface area contributed by atoms with Crippen LogP contribution >= 0.6 is 0 Å². The minimum absolute atomic E-state index is 0.110. The molecule has 6 heteroatoms. The van der Waals surface area contributed by atoms with E-state index in [1.54, 1.807) is 55.5 Å². The van der Waals surface area contributed by atoms with Gasteiger partial charge in [-0.05, 0) is 45.6 Å². The summed E-state index contributed by atoms with van der Waals surface area (Å²) in [4.78, 5) is 0. The molecular formula is C21H17BO5. The van der Waals surface area contributed by atoms with Crippen molar-refractivity contribution in [3.8, 4) is 28.4 Å². The molecule has 0 atom stereocenters. The van der Waals surface area contributed by atoms with E-state index < -0.39 is 12.9 Å². The normalized spacial score (nSPS) is 11.2. The quantitative estimate of drug-likeness (QED) is 0.164. The highest BCUT2D eigenvalue weighted by atomic mass is 16.4. The third-order valence-electron chi connectivity index (χ3n) is 4.92. The van der Waals surface area contributed by atoms with Gasteiger partial charge < -0.3 is 25.4 Å². The number of hydrogen-bond donors (Lipinski definition) is 5. The van der Waals surface area contributed by atoms with Crippen LogP contribution in [0.5, 0.6) is 17.2 Å². The van der Waals surface area contributed by atoms with Gasteiger partial charge in [-0.1, -0.05) is 48.5 Å². The maximum absolute atomic E-state index is 10.7. The van der Waals surface area contributed by atoms with Gasteiger partial charge in [-0.2, -0.15) is 0 Å². The molecule has 0 saturated carbocycles. The van der Waals surface area contributed by atoms with Crippen molar-refractivity contribution in [3.63, 3.8) is 0 Å². The molecule has 4 aromatic carbocycles. The van der Waals surface area contributed by atoms with Gasteiger partial charge in [0.25, 0.3) is 0 Å². The van der Waals surface area contributed by atoms with Crippen molar-refractivity contribution >= 4 is 34.1 Å². The largest absolute Gasteiger partial charge is 0.507 e. The molecule has 0 amide bonds. The number of hydrogen-bond acceptors (Lipinski definition) is 5. The van der Waals surface area contributed by atoms with E-state index in [1.807, 2.05) is 0 Å². The molecule has 0 aliphatic rings. The standard InChI is InChI=1S/C21H17BO5/c1-11-10-16(23)21(25)18(20(11)24)17-12-6-2-4-8-14(12)19(22(26)27)15-9-5-3-7-13(15)17/h2-10,23-27H,1H3. The van der Waals surface area contributed by atoms with Gasteiger partial charge >= 0.3 is 7.12 Å². The Labute approximate surface area is 155 Å². The van der Waals surface area contributed by atoms with E-state index in [0.717, 1.165) is 0 Å². The maximum Gasteiger partial charge on any atom is 0.489 e. The molecule has 5 N–H and O–H groups in total. The van der Waals surface area contributed by atoms with E-state index in [-0.39, 0.29) is 17.1 Å². The zero-order chi connectivity index (χ0) is 19.3. The molecule has 27 heavy (non-hydrogen) atoms. The maximum atomic E-state index is 10.7. The zero-order valence-corrected chi connectivity index (χ0v) is 14.5. The average molecular weight is 360 g/mol. The van der Waals surface area contributed by atoms with Crippen LogP contribution in [0.15, 0.2) is 54.6 Å². The van der Waals surface area contributed by atoms with Gasteiger partial charge in [0.2, 0.25) is 0 Å². The molecule has 0 aromatic heterocycles. The fraction of sp³-hybridized carbons (Fsp3) is 0.0476. The summed E-state index contributed by atoms with van der Waals surface area (Å²) in [5.41, 5.74) is 1.39. The van der Waals surface area contributed by atoms with Crippen molar-refractivity contribution in [1.82, 2.24) is 0 Å². The van der Waals surface area contributed by atoms with Crippen molar-refractivity contribution in [1.29, 1.82) is 0 Å². The second kappa shape index (κ2) is 6.19. The highest BCUT2D eigenvalue weighted by Gasteiger charge is 2.26. The fourth-order valence-corrected chi connectivity index (χ4v) is 3.73. The number of aromatic hydroxyl groups is 3. The molecule has 0 heterocycles. The Morgan fingerprint density at radius 3 is 1.63 bits per heavy atom. The second-order valence-electron chi connectivity index (χ2n) is 6.54. The lowest BCUT2D eigenvalue weighted by atomic mass is 9.72. The van der Waals surface area contributed by atoms with Crippen LogP contribution in [0, 0.1) is 6.92 Å². The smallest absolute Gasteiger partial charge is 0.489 e. The van der Waals surface area contributed by atoms with Gasteiger partial charge in [0.05, 0.1) is 5.56 Å². The Morgan fingerprint density at radius 1 is 0.667 bits per heavy atom. The molecule has 0 radical (unpaired) electrons. The first-order valence-electron chi connectivity index (χ1n) is 8.46. The van der Waals surface area contributed by atoms with Crippen molar-refractivity contribution in [2.24, 2.45) is 0 Å². The Balaban J connectivity index is 2.32. The number of fused-ring (bicyclic) bond motifs is 2. The van der Waals surface area contributed by atoms with Crippen molar-refractivity contribution in [2.45, 2.75) is 6.92 Å². The predicted molar refractivity (Wildman–Crippen MR) is 106 cm³/mol. The number of aryl methyl sites for hydroxylation is 1. The second-order valence-corrected chi connectivity index (χ2v) is 6.54. The minimum atomic E-state index is -1.69. The van der Waals surface area contributed by atoms with Crippen LogP contribution in [0.2, 0.25) is 0 Å². The lowest BCUT2D eigenvalue weighted by Gasteiger charge is -2.19. The molecule has 0 unspecified atom stereocenters. The zero-order valence-electron chi connectivity index (χ0n) is 14.5. The summed E-state index contributed by atoms with van der Waals surface area (Å²) in [6.45, 7) is 1.63. The Morgan fingerprint density at radius 2 is 1.15 bits per heavy atom. The Kier molecular flexibility index (Phi) is 3.95. The summed E-state index contributed by atoms with van der Waals surface area (Å²) in [6.07, 6.45) is 0. The van der Waals surface area contributed by atoms with E-state index in [1.165, 1.54) is 6.07 Å². The number of rotatable bonds is 2. The number of phenolic OH excluding ortho intramolecular Hbond substituents is 3. The molecule has 0 spiro atoms. The Hall–Kier alpha value is -3.22. The summed E-state index contributed by atoms with van der Waals surface area (Å²) in [5.74, 6) is -0.900. The first-order chi connectivity index (χ1) is 12.9. The monoisotopic (exact) mass is 360 g/mol. The van der Waals surface area contributed by atoms with Crippen LogP contribution in [0.4, 0.5) is 0 Å². The van der Waals surface area contributed by atoms with Gasteiger partial charge in [-0.25, -0.2) is 0 Å². The van der Waals surface area contributed by atoms with Crippen molar-refractivity contribution in [3.05, 3.63) is 60.2 Å². The van der Waals surface area contributed by atoms with Crippen LogP contribution in [-0.4, -0.2) is 32.5 Å². The number of phenols is 3. The van der Waals surface area contributed by atoms with Crippen molar-refractivity contribution in [2.75, 3.05) is 0 Å². The lowest BCUT2D eigenvalue weighted by molar-refractivity contribution is 0.397. The van der Waals surface area contributed by atoms with E-state index in [0.29, 0.717) is 38.1 Å². The summed E-state index contributed by atoms with van der Waals surface area (Å²) in [7, 11) is -1.69. The van der Waals surface area contributed by atoms with Crippen LogP contribution in [0.25, 0.3) is 32.7 Å². The molecule has 134 valence electrons. The molecular weight excluding hydrogens is 343 g/mol. The molecule has 4 rings (SSSR count). The summed E-state index contributed by atoms with van der Waals surface area (Å²) in [5, 5.41) is 53.7. The van der Waals surface area contributed by atoms with Gasteiger partial charge in [-0.3, -0.25) is 0 Å².